The molecule has 0 unspecified atom stereocenters. The summed E-state index contributed by atoms with van der Waals surface area (Å²) in [5, 5.41) is 2.84. The van der Waals surface area contributed by atoms with Crippen molar-refractivity contribution in [3.63, 3.8) is 0 Å². The number of carbonyl (C=O) groups excluding carboxylic acids is 1. The Labute approximate surface area is 136 Å². The fourth-order valence-corrected chi connectivity index (χ4v) is 2.30. The maximum absolute atomic E-state index is 11.8. The van der Waals surface area contributed by atoms with E-state index in [0.717, 1.165) is 21.3 Å². The topological polar surface area (TPSA) is 47.6 Å². The van der Waals surface area contributed by atoms with Crippen LogP contribution in [0.4, 0.5) is 0 Å². The van der Waals surface area contributed by atoms with Crippen LogP contribution in [0.25, 0.3) is 6.08 Å². The number of nitrogens with one attached hydrogen (secondary N) is 1. The molecule has 1 aliphatic rings. The van der Waals surface area contributed by atoms with Crippen molar-refractivity contribution < 1.29 is 14.3 Å². The van der Waals surface area contributed by atoms with Crippen LogP contribution in [0.3, 0.4) is 0 Å². The normalized spacial score (nSPS) is 12.6. The third kappa shape index (κ3) is 3.68. The van der Waals surface area contributed by atoms with Crippen molar-refractivity contribution in [3.8, 4) is 11.5 Å². The van der Waals surface area contributed by atoms with E-state index in [1.165, 1.54) is 6.08 Å². The Morgan fingerprint density at radius 2 is 1.91 bits per heavy atom. The van der Waals surface area contributed by atoms with E-state index in [1.54, 1.807) is 6.08 Å². The second kappa shape index (κ2) is 6.66. The van der Waals surface area contributed by atoms with Crippen molar-refractivity contribution in [1.82, 2.24) is 5.32 Å². The first-order valence-electron chi connectivity index (χ1n) is 6.81. The van der Waals surface area contributed by atoms with Crippen molar-refractivity contribution >= 4 is 27.9 Å². The lowest BCUT2D eigenvalue weighted by Crippen LogP contribution is -2.20. The van der Waals surface area contributed by atoms with Gasteiger partial charge in [-0.3, -0.25) is 4.79 Å². The molecule has 112 valence electrons. The molecule has 0 bridgehead atoms. The van der Waals surface area contributed by atoms with E-state index >= 15 is 0 Å². The summed E-state index contributed by atoms with van der Waals surface area (Å²) >= 11 is 3.38. The molecule has 0 aromatic heterocycles. The first-order valence-corrected chi connectivity index (χ1v) is 7.60. The molecule has 1 N–H and O–H groups in total. The molecule has 0 fully saturated rings. The maximum Gasteiger partial charge on any atom is 0.244 e. The van der Waals surface area contributed by atoms with Crippen molar-refractivity contribution in [2.24, 2.45) is 0 Å². The lowest BCUT2D eigenvalue weighted by atomic mass is 10.2. The second-order valence-corrected chi connectivity index (χ2v) is 5.71. The molecule has 2 aromatic carbocycles. The lowest BCUT2D eigenvalue weighted by Gasteiger charge is -2.03. The highest BCUT2D eigenvalue weighted by Crippen LogP contribution is 2.32. The predicted molar refractivity (Wildman–Crippen MR) is 87.6 cm³/mol. The van der Waals surface area contributed by atoms with Gasteiger partial charge < -0.3 is 14.8 Å². The Morgan fingerprint density at radius 3 is 2.73 bits per heavy atom. The van der Waals surface area contributed by atoms with Crippen LogP contribution in [-0.4, -0.2) is 12.7 Å². The minimum Gasteiger partial charge on any atom is -0.454 e. The van der Waals surface area contributed by atoms with Gasteiger partial charge in [0.15, 0.2) is 11.5 Å². The molecule has 0 saturated carbocycles. The highest BCUT2D eigenvalue weighted by molar-refractivity contribution is 9.10. The maximum atomic E-state index is 11.8. The largest absolute Gasteiger partial charge is 0.454 e. The third-order valence-corrected chi connectivity index (χ3v) is 3.73. The summed E-state index contributed by atoms with van der Waals surface area (Å²) in [5.41, 5.74) is 1.94. The molecule has 5 heteroatoms. The number of hydrogen-bond acceptors (Lipinski definition) is 3. The van der Waals surface area contributed by atoms with E-state index in [0.29, 0.717) is 12.3 Å². The summed E-state index contributed by atoms with van der Waals surface area (Å²) in [7, 11) is 0. The van der Waals surface area contributed by atoms with Crippen LogP contribution in [-0.2, 0) is 11.3 Å². The van der Waals surface area contributed by atoms with E-state index < -0.39 is 0 Å². The molecule has 0 saturated heterocycles. The van der Waals surface area contributed by atoms with E-state index in [-0.39, 0.29) is 12.7 Å². The Hall–Kier alpha value is -2.27. The molecule has 1 amide bonds. The fraction of sp³-hybridized carbons (Fsp3) is 0.118. The molecule has 1 aliphatic heterocycles. The monoisotopic (exact) mass is 359 g/mol. The second-order valence-electron chi connectivity index (χ2n) is 4.79. The number of ether oxygens (including phenoxy) is 2. The number of carbonyl (C=O) groups is 1. The number of halogens is 1. The Balaban J connectivity index is 1.56. The molecular formula is C17H14BrNO3. The van der Waals surface area contributed by atoms with Gasteiger partial charge in [0, 0.05) is 17.1 Å². The zero-order valence-corrected chi connectivity index (χ0v) is 13.3. The van der Waals surface area contributed by atoms with Crippen LogP contribution in [0.5, 0.6) is 11.5 Å². The van der Waals surface area contributed by atoms with Gasteiger partial charge in [-0.2, -0.15) is 0 Å². The van der Waals surface area contributed by atoms with Gasteiger partial charge in [-0.25, -0.2) is 0 Å². The number of rotatable bonds is 4. The van der Waals surface area contributed by atoms with Gasteiger partial charge in [-0.1, -0.05) is 34.1 Å². The van der Waals surface area contributed by atoms with Crippen molar-refractivity contribution in [3.05, 3.63) is 64.1 Å². The van der Waals surface area contributed by atoms with Gasteiger partial charge in [0.2, 0.25) is 12.7 Å². The Bertz CT molecular complexity index is 710. The van der Waals surface area contributed by atoms with Crippen LogP contribution < -0.4 is 14.8 Å². The quantitative estimate of drug-likeness (QED) is 0.849. The average molecular weight is 360 g/mol. The molecule has 4 nitrogen and oxygen atoms in total. The smallest absolute Gasteiger partial charge is 0.244 e. The van der Waals surface area contributed by atoms with E-state index in [1.807, 2.05) is 42.5 Å². The van der Waals surface area contributed by atoms with Crippen molar-refractivity contribution in [1.29, 1.82) is 0 Å². The zero-order chi connectivity index (χ0) is 15.4. The predicted octanol–water partition coefficient (Wildman–Crippen LogP) is 3.51. The summed E-state index contributed by atoms with van der Waals surface area (Å²) in [6.07, 6.45) is 3.26. The van der Waals surface area contributed by atoms with Crippen LogP contribution in [0.1, 0.15) is 11.1 Å². The summed E-state index contributed by atoms with van der Waals surface area (Å²) in [6.45, 7) is 0.744. The van der Waals surface area contributed by atoms with Gasteiger partial charge in [-0.05, 0) is 41.5 Å². The highest BCUT2D eigenvalue weighted by atomic mass is 79.9. The van der Waals surface area contributed by atoms with Gasteiger partial charge in [0.05, 0.1) is 0 Å². The summed E-state index contributed by atoms with van der Waals surface area (Å²) in [4.78, 5) is 11.8. The number of amides is 1. The zero-order valence-electron chi connectivity index (χ0n) is 11.7. The minimum absolute atomic E-state index is 0.138. The number of benzene rings is 2. The first kappa shape index (κ1) is 14.7. The first-order chi connectivity index (χ1) is 10.7. The summed E-state index contributed by atoms with van der Waals surface area (Å²) in [5.74, 6) is 1.30. The standard InChI is InChI=1S/C17H14BrNO3/c18-14-5-1-13(2-6-14)10-19-17(20)8-4-12-3-7-15-16(9-12)22-11-21-15/h1-9H,10-11H2,(H,19,20). The number of hydrogen-bond donors (Lipinski definition) is 1. The van der Waals surface area contributed by atoms with Crippen LogP contribution in [0.2, 0.25) is 0 Å². The SMILES string of the molecule is O=C(C=Cc1ccc2c(c1)OCO2)NCc1ccc(Br)cc1. The molecule has 0 aliphatic carbocycles. The van der Waals surface area contributed by atoms with Gasteiger partial charge in [0.1, 0.15) is 0 Å². The van der Waals surface area contributed by atoms with E-state index in [2.05, 4.69) is 21.2 Å². The molecule has 0 spiro atoms. The Morgan fingerprint density at radius 1 is 1.14 bits per heavy atom. The molecule has 0 radical (unpaired) electrons. The van der Waals surface area contributed by atoms with Gasteiger partial charge in [-0.15, -0.1) is 0 Å². The molecule has 1 heterocycles. The average Bonchev–Trinajstić information content (AvgIpc) is 3.00. The Kier molecular flexibility index (Phi) is 4.44. The summed E-state index contributed by atoms with van der Waals surface area (Å²) in [6, 6.07) is 13.4. The lowest BCUT2D eigenvalue weighted by molar-refractivity contribution is -0.116. The summed E-state index contributed by atoms with van der Waals surface area (Å²) < 4.78 is 11.6. The molecular weight excluding hydrogens is 346 g/mol. The molecule has 3 rings (SSSR count). The minimum atomic E-state index is -0.138. The van der Waals surface area contributed by atoms with Crippen LogP contribution in [0.15, 0.2) is 53.0 Å². The van der Waals surface area contributed by atoms with E-state index in [9.17, 15) is 4.79 Å². The highest BCUT2D eigenvalue weighted by Gasteiger charge is 2.12. The number of fused-ring (bicyclic) bond motifs is 1. The third-order valence-electron chi connectivity index (χ3n) is 3.20. The van der Waals surface area contributed by atoms with E-state index in [4.69, 9.17) is 9.47 Å². The van der Waals surface area contributed by atoms with Crippen molar-refractivity contribution in [2.45, 2.75) is 6.54 Å². The molecule has 22 heavy (non-hydrogen) atoms. The van der Waals surface area contributed by atoms with Gasteiger partial charge in [0.25, 0.3) is 0 Å². The van der Waals surface area contributed by atoms with Crippen LogP contribution >= 0.6 is 15.9 Å². The molecule has 0 atom stereocenters. The van der Waals surface area contributed by atoms with Crippen LogP contribution in [0, 0.1) is 0 Å². The van der Waals surface area contributed by atoms with Crippen molar-refractivity contribution in [2.75, 3.05) is 6.79 Å². The van der Waals surface area contributed by atoms with Gasteiger partial charge >= 0.3 is 0 Å². The molecule has 2 aromatic rings. The fourth-order valence-electron chi connectivity index (χ4n) is 2.04.